The lowest BCUT2D eigenvalue weighted by atomic mass is 9.85. The first-order valence-corrected chi connectivity index (χ1v) is 7.68. The molecule has 0 unspecified atom stereocenters. The highest BCUT2D eigenvalue weighted by atomic mass is 16.5. The molecule has 7 nitrogen and oxygen atoms in total. The Bertz CT molecular complexity index is 583. The van der Waals surface area contributed by atoms with Gasteiger partial charge in [0.1, 0.15) is 6.04 Å². The number of carbonyl (C=O) groups excluding carboxylic acids is 1. The van der Waals surface area contributed by atoms with E-state index >= 15 is 0 Å². The number of hydroxylamine groups is 2. The summed E-state index contributed by atoms with van der Waals surface area (Å²) in [6.45, 7) is 4.68. The van der Waals surface area contributed by atoms with E-state index in [0.717, 1.165) is 30.7 Å². The number of hydrogen-bond donors (Lipinski definition) is 1. The first-order chi connectivity index (χ1) is 10.1. The van der Waals surface area contributed by atoms with E-state index in [-0.39, 0.29) is 29.4 Å². The van der Waals surface area contributed by atoms with Crippen LogP contribution in [0.1, 0.15) is 63.3 Å². The van der Waals surface area contributed by atoms with Gasteiger partial charge in [-0.15, -0.1) is 10.2 Å². The summed E-state index contributed by atoms with van der Waals surface area (Å²) in [5, 5.41) is 19.2. The van der Waals surface area contributed by atoms with Gasteiger partial charge < -0.3 is 9.32 Å². The second-order valence-corrected chi connectivity index (χ2v) is 6.67. The highest BCUT2D eigenvalue weighted by Gasteiger charge is 2.63. The molecule has 21 heavy (non-hydrogen) atoms. The molecule has 2 aliphatic heterocycles. The summed E-state index contributed by atoms with van der Waals surface area (Å²) < 4.78 is 5.81. The third kappa shape index (κ3) is 1.73. The van der Waals surface area contributed by atoms with Crippen LogP contribution >= 0.6 is 0 Å². The van der Waals surface area contributed by atoms with Crippen LogP contribution in [0.4, 0.5) is 4.79 Å². The van der Waals surface area contributed by atoms with Crippen LogP contribution in [0, 0.1) is 5.41 Å². The van der Waals surface area contributed by atoms with Crippen LogP contribution in [0.3, 0.4) is 0 Å². The molecule has 2 saturated heterocycles. The van der Waals surface area contributed by atoms with Crippen LogP contribution in [0.2, 0.25) is 0 Å². The normalized spacial score (nSPS) is 31.1. The predicted octanol–water partition coefficient (Wildman–Crippen LogP) is 2.30. The van der Waals surface area contributed by atoms with Gasteiger partial charge in [-0.1, -0.05) is 13.8 Å². The lowest BCUT2D eigenvalue weighted by Crippen LogP contribution is -2.41. The molecule has 1 aromatic rings. The molecule has 2 bridgehead atoms. The summed E-state index contributed by atoms with van der Waals surface area (Å²) in [6, 6.07) is -0.603. The van der Waals surface area contributed by atoms with Gasteiger partial charge in [0, 0.05) is 12.5 Å². The van der Waals surface area contributed by atoms with E-state index in [4.69, 9.17) is 4.42 Å². The number of nitrogens with zero attached hydrogens (tertiary/aromatic N) is 4. The Morgan fingerprint density at radius 2 is 2.24 bits per heavy atom. The molecule has 1 N–H and O–H groups in total. The van der Waals surface area contributed by atoms with Gasteiger partial charge in [0.25, 0.3) is 0 Å². The lowest BCUT2D eigenvalue weighted by Gasteiger charge is -2.34. The molecule has 3 aliphatic rings. The van der Waals surface area contributed by atoms with E-state index in [1.807, 2.05) is 6.92 Å². The minimum absolute atomic E-state index is 0.0487. The summed E-state index contributed by atoms with van der Waals surface area (Å²) in [4.78, 5) is 13.9. The summed E-state index contributed by atoms with van der Waals surface area (Å²) in [5.74, 6) is 1.37. The molecule has 1 saturated carbocycles. The van der Waals surface area contributed by atoms with Crippen molar-refractivity contribution in [2.45, 2.75) is 57.5 Å². The Balaban J connectivity index is 1.66. The zero-order chi connectivity index (χ0) is 14.8. The molecular weight excluding hydrogens is 272 g/mol. The molecule has 1 aromatic heterocycles. The van der Waals surface area contributed by atoms with Crippen molar-refractivity contribution in [1.82, 2.24) is 20.2 Å². The van der Waals surface area contributed by atoms with Gasteiger partial charge in [0.05, 0.1) is 6.04 Å². The minimum Gasteiger partial charge on any atom is -0.423 e. The fraction of sp³-hybridized carbons (Fsp3) is 0.786. The van der Waals surface area contributed by atoms with Crippen molar-refractivity contribution in [1.29, 1.82) is 0 Å². The van der Waals surface area contributed by atoms with Crippen molar-refractivity contribution >= 4 is 6.03 Å². The summed E-state index contributed by atoms with van der Waals surface area (Å²) >= 11 is 0. The number of fused-ring (bicyclic) bond motifs is 3. The Morgan fingerprint density at radius 3 is 2.90 bits per heavy atom. The molecule has 7 heteroatoms. The second kappa shape index (κ2) is 4.19. The minimum atomic E-state index is -0.336. The van der Waals surface area contributed by atoms with Crippen LogP contribution < -0.4 is 0 Å². The Kier molecular flexibility index (Phi) is 2.61. The third-order valence-electron chi connectivity index (χ3n) is 5.46. The molecule has 1 aliphatic carbocycles. The molecule has 2 amide bonds. The highest BCUT2D eigenvalue weighted by molar-refractivity contribution is 5.77. The maximum Gasteiger partial charge on any atom is 0.344 e. The molecule has 1 spiro atoms. The number of aromatic nitrogens is 2. The van der Waals surface area contributed by atoms with Gasteiger partial charge in [0.2, 0.25) is 11.8 Å². The van der Waals surface area contributed by atoms with Gasteiger partial charge >= 0.3 is 6.03 Å². The zero-order valence-corrected chi connectivity index (χ0v) is 12.3. The smallest absolute Gasteiger partial charge is 0.344 e. The summed E-state index contributed by atoms with van der Waals surface area (Å²) in [5.41, 5.74) is 0.0487. The Morgan fingerprint density at radius 1 is 1.48 bits per heavy atom. The zero-order valence-electron chi connectivity index (χ0n) is 12.3. The van der Waals surface area contributed by atoms with E-state index in [2.05, 4.69) is 17.1 Å². The fourth-order valence-electron chi connectivity index (χ4n) is 3.63. The molecule has 114 valence electrons. The molecule has 0 aromatic carbocycles. The van der Waals surface area contributed by atoms with Crippen LogP contribution in [0.25, 0.3) is 0 Å². The number of carbonyl (C=O) groups is 1. The summed E-state index contributed by atoms with van der Waals surface area (Å²) in [7, 11) is 0. The number of amides is 2. The molecule has 4 rings (SSSR count). The first kappa shape index (κ1) is 13.1. The lowest BCUT2D eigenvalue weighted by molar-refractivity contribution is -0.0783. The maximum absolute atomic E-state index is 12.2. The number of urea groups is 1. The van der Waals surface area contributed by atoms with Crippen molar-refractivity contribution in [3.63, 3.8) is 0 Å². The number of piperidine rings is 1. The highest BCUT2D eigenvalue weighted by Crippen LogP contribution is 2.61. The van der Waals surface area contributed by atoms with Crippen LogP contribution in [-0.4, -0.2) is 44.0 Å². The van der Waals surface area contributed by atoms with E-state index in [9.17, 15) is 10.0 Å². The monoisotopic (exact) mass is 292 g/mol. The standard InChI is InChI=1S/C14H20N4O3/c1-3-8(2)11-15-16-12(21-11)9-6-14(4-5-14)10-7-17(9)13(19)18(10)20/h8-10,20H,3-7H2,1-2H3/t8-,9-,10-/m0/s1. The second-order valence-electron chi connectivity index (χ2n) is 6.67. The SMILES string of the molecule is CC[C@H](C)c1nnc([C@@H]2CC3(CC3)[C@@H]3CN2C(=O)N3O)o1. The van der Waals surface area contributed by atoms with E-state index in [0.29, 0.717) is 18.3 Å². The van der Waals surface area contributed by atoms with E-state index in [1.165, 1.54) is 0 Å². The largest absolute Gasteiger partial charge is 0.423 e. The van der Waals surface area contributed by atoms with Crippen molar-refractivity contribution in [3.05, 3.63) is 11.8 Å². The van der Waals surface area contributed by atoms with Crippen LogP contribution in [-0.2, 0) is 0 Å². The van der Waals surface area contributed by atoms with Gasteiger partial charge in [-0.3, -0.25) is 5.21 Å². The van der Waals surface area contributed by atoms with Crippen LogP contribution in [0.5, 0.6) is 0 Å². The van der Waals surface area contributed by atoms with Gasteiger partial charge in [-0.05, 0) is 31.1 Å². The summed E-state index contributed by atoms with van der Waals surface area (Å²) in [6.07, 6.45) is 3.85. The van der Waals surface area contributed by atoms with Crippen LogP contribution in [0.15, 0.2) is 4.42 Å². The average Bonchev–Trinajstić information content (AvgIpc) is 2.99. The van der Waals surface area contributed by atoms with E-state index in [1.54, 1.807) is 4.90 Å². The van der Waals surface area contributed by atoms with Crippen molar-refractivity contribution in [3.8, 4) is 0 Å². The number of rotatable bonds is 3. The molecular formula is C14H20N4O3. The quantitative estimate of drug-likeness (QED) is 0.864. The van der Waals surface area contributed by atoms with Gasteiger partial charge in [-0.2, -0.15) is 0 Å². The molecule has 3 atom stereocenters. The third-order valence-corrected chi connectivity index (χ3v) is 5.46. The topological polar surface area (TPSA) is 82.7 Å². The molecule has 3 fully saturated rings. The van der Waals surface area contributed by atoms with E-state index < -0.39 is 0 Å². The van der Waals surface area contributed by atoms with Gasteiger partial charge in [0.15, 0.2) is 0 Å². The van der Waals surface area contributed by atoms with Crippen molar-refractivity contribution in [2.75, 3.05) is 6.54 Å². The predicted molar refractivity (Wildman–Crippen MR) is 71.5 cm³/mol. The first-order valence-electron chi connectivity index (χ1n) is 7.68. The van der Waals surface area contributed by atoms with Crippen molar-refractivity contribution in [2.24, 2.45) is 5.41 Å². The average molecular weight is 292 g/mol. The maximum atomic E-state index is 12.2. The molecule has 0 radical (unpaired) electrons. The fourth-order valence-corrected chi connectivity index (χ4v) is 3.63. The van der Waals surface area contributed by atoms with Crippen molar-refractivity contribution < 1.29 is 14.4 Å². The Labute approximate surface area is 122 Å². The molecule has 3 heterocycles. The number of hydrogen-bond acceptors (Lipinski definition) is 5. The Hall–Kier alpha value is -1.63. The van der Waals surface area contributed by atoms with Gasteiger partial charge in [-0.25, -0.2) is 9.86 Å².